The molecule has 26 heavy (non-hydrogen) atoms. The standard InChI is InChI=1S/C17H22N4O3S2/c1-26(23,24)21-9-5-13(6-10-21)17(22)19-8-4-16-20-15(12-25-16)14-3-2-7-18-11-14/h2-3,7,11-13H,4-6,8-10H2,1H3,(H,19,22). The summed E-state index contributed by atoms with van der Waals surface area (Å²) in [6.07, 6.45) is 6.54. The minimum Gasteiger partial charge on any atom is -0.355 e. The Morgan fingerprint density at radius 3 is 2.81 bits per heavy atom. The number of nitrogens with zero attached hydrogens (tertiary/aromatic N) is 3. The van der Waals surface area contributed by atoms with E-state index in [0.29, 0.717) is 38.9 Å². The summed E-state index contributed by atoms with van der Waals surface area (Å²) in [7, 11) is -3.16. The van der Waals surface area contributed by atoms with Gasteiger partial charge in [-0.15, -0.1) is 11.3 Å². The van der Waals surface area contributed by atoms with Gasteiger partial charge >= 0.3 is 0 Å². The van der Waals surface area contributed by atoms with Crippen LogP contribution in [0.5, 0.6) is 0 Å². The van der Waals surface area contributed by atoms with Crippen molar-refractivity contribution in [3.05, 3.63) is 34.9 Å². The van der Waals surface area contributed by atoms with Crippen molar-refractivity contribution < 1.29 is 13.2 Å². The van der Waals surface area contributed by atoms with Crippen molar-refractivity contribution in [1.29, 1.82) is 0 Å². The largest absolute Gasteiger partial charge is 0.355 e. The lowest BCUT2D eigenvalue weighted by Crippen LogP contribution is -2.42. The normalized spacial score (nSPS) is 16.5. The van der Waals surface area contributed by atoms with Crippen LogP contribution in [0, 0.1) is 5.92 Å². The Bertz CT molecular complexity index is 844. The second-order valence-electron chi connectivity index (χ2n) is 6.35. The quantitative estimate of drug-likeness (QED) is 0.802. The molecule has 0 aliphatic carbocycles. The van der Waals surface area contributed by atoms with E-state index in [1.54, 1.807) is 23.7 Å². The third-order valence-electron chi connectivity index (χ3n) is 4.44. The van der Waals surface area contributed by atoms with Crippen LogP contribution in [-0.4, -0.2) is 54.5 Å². The number of amides is 1. The zero-order valence-corrected chi connectivity index (χ0v) is 16.2. The van der Waals surface area contributed by atoms with Gasteiger partial charge in [0.05, 0.1) is 17.0 Å². The Balaban J connectivity index is 1.44. The van der Waals surface area contributed by atoms with Crippen molar-refractivity contribution in [2.24, 2.45) is 5.92 Å². The lowest BCUT2D eigenvalue weighted by atomic mass is 9.97. The molecule has 0 bridgehead atoms. The first-order chi connectivity index (χ1) is 12.4. The molecule has 3 heterocycles. The maximum Gasteiger partial charge on any atom is 0.223 e. The minimum atomic E-state index is -3.16. The van der Waals surface area contributed by atoms with Gasteiger partial charge in [0.15, 0.2) is 0 Å². The summed E-state index contributed by atoms with van der Waals surface area (Å²) in [5.41, 5.74) is 1.88. The maximum absolute atomic E-state index is 12.3. The molecule has 1 amide bonds. The van der Waals surface area contributed by atoms with Gasteiger partial charge in [0.1, 0.15) is 0 Å². The first-order valence-corrected chi connectivity index (χ1v) is 11.2. The second-order valence-corrected chi connectivity index (χ2v) is 9.27. The van der Waals surface area contributed by atoms with E-state index < -0.39 is 10.0 Å². The van der Waals surface area contributed by atoms with E-state index in [9.17, 15) is 13.2 Å². The predicted octanol–water partition coefficient (Wildman–Crippen LogP) is 1.54. The number of thiazole rings is 1. The molecule has 1 aliphatic rings. The Kier molecular flexibility index (Phi) is 6.00. The fourth-order valence-electron chi connectivity index (χ4n) is 2.96. The molecule has 0 spiro atoms. The highest BCUT2D eigenvalue weighted by Crippen LogP contribution is 2.21. The number of hydrogen-bond acceptors (Lipinski definition) is 6. The number of carbonyl (C=O) groups excluding carboxylic acids is 1. The molecule has 9 heteroatoms. The van der Waals surface area contributed by atoms with Gasteiger partial charge in [-0.25, -0.2) is 17.7 Å². The van der Waals surface area contributed by atoms with Gasteiger partial charge in [-0.1, -0.05) is 0 Å². The van der Waals surface area contributed by atoms with Crippen LogP contribution in [0.2, 0.25) is 0 Å². The summed E-state index contributed by atoms with van der Waals surface area (Å²) in [5.74, 6) is -0.113. The Labute approximate surface area is 157 Å². The summed E-state index contributed by atoms with van der Waals surface area (Å²) in [6.45, 7) is 1.36. The van der Waals surface area contributed by atoms with Crippen LogP contribution in [-0.2, 0) is 21.2 Å². The zero-order chi connectivity index (χ0) is 18.6. The topological polar surface area (TPSA) is 92.3 Å². The zero-order valence-electron chi connectivity index (χ0n) is 14.6. The first-order valence-electron chi connectivity index (χ1n) is 8.51. The van der Waals surface area contributed by atoms with E-state index in [0.717, 1.165) is 16.3 Å². The highest BCUT2D eigenvalue weighted by Gasteiger charge is 2.28. The Morgan fingerprint density at radius 1 is 1.38 bits per heavy atom. The fraction of sp³-hybridized carbons (Fsp3) is 0.471. The molecule has 2 aromatic heterocycles. The molecule has 0 saturated carbocycles. The summed E-state index contributed by atoms with van der Waals surface area (Å²) < 4.78 is 24.5. The number of nitrogens with one attached hydrogen (secondary N) is 1. The number of hydrogen-bond donors (Lipinski definition) is 1. The number of carbonyl (C=O) groups is 1. The molecular formula is C17H22N4O3S2. The molecule has 1 aliphatic heterocycles. The molecule has 7 nitrogen and oxygen atoms in total. The van der Waals surface area contributed by atoms with Gasteiger partial charge in [-0.3, -0.25) is 9.78 Å². The van der Waals surface area contributed by atoms with Gasteiger partial charge < -0.3 is 5.32 Å². The lowest BCUT2D eigenvalue weighted by molar-refractivity contribution is -0.126. The highest BCUT2D eigenvalue weighted by atomic mass is 32.2. The van der Waals surface area contributed by atoms with Gasteiger partial charge in [0.2, 0.25) is 15.9 Å². The third-order valence-corrected chi connectivity index (χ3v) is 6.65. The number of rotatable bonds is 6. The van der Waals surface area contributed by atoms with Crippen molar-refractivity contribution in [3.63, 3.8) is 0 Å². The third kappa shape index (κ3) is 4.87. The van der Waals surface area contributed by atoms with Crippen molar-refractivity contribution in [1.82, 2.24) is 19.6 Å². The van der Waals surface area contributed by atoms with Crippen LogP contribution >= 0.6 is 11.3 Å². The van der Waals surface area contributed by atoms with Crippen LogP contribution in [0.3, 0.4) is 0 Å². The van der Waals surface area contributed by atoms with Crippen LogP contribution < -0.4 is 5.32 Å². The molecule has 0 atom stereocenters. The molecule has 1 N–H and O–H groups in total. The van der Waals surface area contributed by atoms with Crippen LogP contribution in [0.1, 0.15) is 17.8 Å². The van der Waals surface area contributed by atoms with E-state index in [4.69, 9.17) is 0 Å². The first kappa shape index (κ1) is 18.9. The van der Waals surface area contributed by atoms with E-state index in [1.807, 2.05) is 17.5 Å². The van der Waals surface area contributed by atoms with Gasteiger partial charge in [-0.2, -0.15) is 0 Å². The molecule has 140 valence electrons. The molecule has 0 radical (unpaired) electrons. The van der Waals surface area contributed by atoms with E-state index in [1.165, 1.54) is 10.6 Å². The number of sulfonamides is 1. The van der Waals surface area contributed by atoms with E-state index in [2.05, 4.69) is 15.3 Å². The summed E-state index contributed by atoms with van der Waals surface area (Å²) in [5, 5.41) is 5.91. The maximum atomic E-state index is 12.3. The SMILES string of the molecule is CS(=O)(=O)N1CCC(C(=O)NCCc2nc(-c3cccnc3)cs2)CC1. The molecule has 0 aromatic carbocycles. The summed E-state index contributed by atoms with van der Waals surface area (Å²) in [6, 6.07) is 3.85. The van der Waals surface area contributed by atoms with E-state index in [-0.39, 0.29) is 11.8 Å². The number of aromatic nitrogens is 2. The van der Waals surface area contributed by atoms with Crippen LogP contribution in [0.4, 0.5) is 0 Å². The minimum absolute atomic E-state index is 0.00203. The van der Waals surface area contributed by atoms with Crippen molar-refractivity contribution in [3.8, 4) is 11.3 Å². The Morgan fingerprint density at radius 2 is 2.15 bits per heavy atom. The van der Waals surface area contributed by atoms with Crippen LogP contribution in [0.25, 0.3) is 11.3 Å². The molecular weight excluding hydrogens is 372 g/mol. The molecule has 3 rings (SSSR count). The molecule has 0 unspecified atom stereocenters. The Hall–Kier alpha value is -1.84. The monoisotopic (exact) mass is 394 g/mol. The number of pyridine rings is 1. The molecule has 1 saturated heterocycles. The van der Waals surface area contributed by atoms with Crippen molar-refractivity contribution >= 4 is 27.3 Å². The number of piperidine rings is 1. The lowest BCUT2D eigenvalue weighted by Gasteiger charge is -2.29. The highest BCUT2D eigenvalue weighted by molar-refractivity contribution is 7.88. The predicted molar refractivity (Wildman–Crippen MR) is 101 cm³/mol. The van der Waals surface area contributed by atoms with Crippen molar-refractivity contribution in [2.75, 3.05) is 25.9 Å². The smallest absolute Gasteiger partial charge is 0.223 e. The fourth-order valence-corrected chi connectivity index (χ4v) is 4.64. The van der Waals surface area contributed by atoms with E-state index >= 15 is 0 Å². The van der Waals surface area contributed by atoms with Gasteiger partial charge in [0, 0.05) is 55.3 Å². The summed E-state index contributed by atoms with van der Waals surface area (Å²) in [4.78, 5) is 20.9. The van der Waals surface area contributed by atoms with Crippen LogP contribution in [0.15, 0.2) is 29.9 Å². The molecule has 1 fully saturated rings. The molecule has 2 aromatic rings. The summed E-state index contributed by atoms with van der Waals surface area (Å²) >= 11 is 1.57. The average Bonchev–Trinajstić information content (AvgIpc) is 3.11. The van der Waals surface area contributed by atoms with Gasteiger partial charge in [-0.05, 0) is 25.0 Å². The average molecular weight is 395 g/mol. The van der Waals surface area contributed by atoms with Gasteiger partial charge in [0.25, 0.3) is 0 Å². The van der Waals surface area contributed by atoms with Crippen molar-refractivity contribution in [2.45, 2.75) is 19.3 Å². The second kappa shape index (κ2) is 8.24.